The summed E-state index contributed by atoms with van der Waals surface area (Å²) in [5.41, 5.74) is 0. The number of aromatic nitrogens is 2. The first-order valence-corrected chi connectivity index (χ1v) is 10.2. The molecule has 2 aromatic rings. The van der Waals surface area contributed by atoms with Crippen molar-refractivity contribution < 1.29 is 9.59 Å². The summed E-state index contributed by atoms with van der Waals surface area (Å²) in [4.78, 5) is 31.9. The summed E-state index contributed by atoms with van der Waals surface area (Å²) in [6.07, 6.45) is 7.94. The average Bonchev–Trinajstić information content (AvgIpc) is 3.35. The number of rotatable bonds is 7. The smallest absolute Gasteiger partial charge is 0.266 e. The van der Waals surface area contributed by atoms with Crippen molar-refractivity contribution >= 4 is 57.5 Å². The van der Waals surface area contributed by atoms with E-state index in [1.807, 2.05) is 34.4 Å². The molecule has 0 radical (unpaired) electrons. The van der Waals surface area contributed by atoms with Crippen molar-refractivity contribution in [3.05, 3.63) is 46.0 Å². The third-order valence-electron chi connectivity index (χ3n) is 3.86. The lowest BCUT2D eigenvalue weighted by Crippen LogP contribution is -2.47. The van der Waals surface area contributed by atoms with E-state index in [0.29, 0.717) is 15.8 Å². The van der Waals surface area contributed by atoms with Gasteiger partial charge in [0.15, 0.2) is 0 Å². The van der Waals surface area contributed by atoms with Crippen molar-refractivity contribution in [1.82, 2.24) is 19.8 Å². The minimum absolute atomic E-state index is 0.204. The van der Waals surface area contributed by atoms with Crippen LogP contribution >= 0.6 is 35.3 Å². The zero-order valence-corrected chi connectivity index (χ0v) is 16.6. The van der Waals surface area contributed by atoms with E-state index in [1.165, 1.54) is 16.7 Å². The number of hydrogen-bond acceptors (Lipinski definition) is 6. The van der Waals surface area contributed by atoms with Gasteiger partial charge in [0.25, 0.3) is 5.91 Å². The maximum absolute atomic E-state index is 12.6. The molecule has 0 aromatic carbocycles. The van der Waals surface area contributed by atoms with Gasteiger partial charge in [0.2, 0.25) is 5.91 Å². The third-order valence-corrected chi connectivity index (χ3v) is 6.01. The van der Waals surface area contributed by atoms with Crippen LogP contribution in [-0.2, 0) is 16.1 Å². The Balaban J connectivity index is 1.54. The van der Waals surface area contributed by atoms with Crippen LogP contribution in [0.2, 0.25) is 0 Å². The molecule has 3 rings (SSSR count). The van der Waals surface area contributed by atoms with E-state index in [0.717, 1.165) is 17.8 Å². The molecule has 26 heavy (non-hydrogen) atoms. The van der Waals surface area contributed by atoms with E-state index in [2.05, 4.69) is 10.3 Å². The first-order chi connectivity index (χ1) is 12.6. The van der Waals surface area contributed by atoms with Gasteiger partial charge in [0.05, 0.1) is 11.2 Å². The number of carbonyl (C=O) groups is 2. The molecular formula is C17H18N4O2S3. The number of nitrogens with one attached hydrogen (secondary N) is 1. The Morgan fingerprint density at radius 2 is 2.35 bits per heavy atom. The molecule has 1 fully saturated rings. The summed E-state index contributed by atoms with van der Waals surface area (Å²) < 4.78 is 2.37. The molecular weight excluding hydrogens is 388 g/mol. The molecule has 2 amide bonds. The van der Waals surface area contributed by atoms with Crippen LogP contribution in [0.5, 0.6) is 0 Å². The first kappa shape index (κ1) is 18.8. The van der Waals surface area contributed by atoms with E-state index >= 15 is 0 Å². The van der Waals surface area contributed by atoms with Crippen molar-refractivity contribution in [2.24, 2.45) is 0 Å². The molecule has 0 spiro atoms. The van der Waals surface area contributed by atoms with Gasteiger partial charge in [-0.15, -0.1) is 11.3 Å². The Kier molecular flexibility index (Phi) is 6.23. The third kappa shape index (κ3) is 4.40. The monoisotopic (exact) mass is 406 g/mol. The van der Waals surface area contributed by atoms with Gasteiger partial charge in [-0.1, -0.05) is 30.0 Å². The summed E-state index contributed by atoms with van der Waals surface area (Å²) in [7, 11) is 0. The predicted octanol–water partition coefficient (Wildman–Crippen LogP) is 2.74. The first-order valence-electron chi connectivity index (χ1n) is 8.10. The Hall–Kier alpha value is -1.97. The highest BCUT2D eigenvalue weighted by Crippen LogP contribution is 2.34. The number of aryl methyl sites for hydroxylation is 1. The van der Waals surface area contributed by atoms with Crippen molar-refractivity contribution in [3.8, 4) is 0 Å². The Morgan fingerprint density at radius 3 is 3.04 bits per heavy atom. The second-order valence-corrected chi connectivity index (χ2v) is 8.34. The van der Waals surface area contributed by atoms with Crippen molar-refractivity contribution in [3.63, 3.8) is 0 Å². The molecule has 6 nitrogen and oxygen atoms in total. The molecule has 136 valence electrons. The summed E-state index contributed by atoms with van der Waals surface area (Å²) in [5.74, 6) is -0.418. The van der Waals surface area contributed by atoms with Gasteiger partial charge in [-0.25, -0.2) is 4.98 Å². The second-order valence-electron chi connectivity index (χ2n) is 5.69. The predicted molar refractivity (Wildman–Crippen MR) is 109 cm³/mol. The molecule has 1 saturated heterocycles. The molecule has 3 heterocycles. The van der Waals surface area contributed by atoms with Crippen molar-refractivity contribution in [2.45, 2.75) is 25.9 Å². The van der Waals surface area contributed by atoms with Gasteiger partial charge >= 0.3 is 0 Å². The van der Waals surface area contributed by atoms with Crippen LogP contribution in [0, 0.1) is 0 Å². The van der Waals surface area contributed by atoms with Gasteiger partial charge in [-0.2, -0.15) is 0 Å². The number of nitrogens with zero attached hydrogens (tertiary/aromatic N) is 3. The normalized spacial score (nSPS) is 17.1. The van der Waals surface area contributed by atoms with Gasteiger partial charge < -0.3 is 9.88 Å². The quantitative estimate of drug-likeness (QED) is 0.435. The average molecular weight is 407 g/mol. The highest BCUT2D eigenvalue weighted by atomic mass is 32.2. The zero-order valence-electron chi connectivity index (χ0n) is 14.1. The summed E-state index contributed by atoms with van der Waals surface area (Å²) in [6.45, 7) is 3.00. The van der Waals surface area contributed by atoms with Crippen molar-refractivity contribution in [1.29, 1.82) is 0 Å². The number of hydrogen-bond donors (Lipinski definition) is 1. The van der Waals surface area contributed by atoms with Gasteiger partial charge in [0, 0.05) is 30.4 Å². The second kappa shape index (κ2) is 8.61. The lowest BCUT2D eigenvalue weighted by Gasteiger charge is -2.22. The fourth-order valence-electron chi connectivity index (χ4n) is 2.47. The van der Waals surface area contributed by atoms with E-state index in [9.17, 15) is 9.59 Å². The number of carbonyl (C=O) groups excluding carboxylic acids is 2. The number of thiocarbonyl (C=S) groups is 1. The molecule has 1 N–H and O–H groups in total. The Morgan fingerprint density at radius 1 is 1.50 bits per heavy atom. The van der Waals surface area contributed by atoms with E-state index < -0.39 is 6.04 Å². The van der Waals surface area contributed by atoms with Gasteiger partial charge in [0.1, 0.15) is 10.4 Å². The molecule has 0 saturated carbocycles. The van der Waals surface area contributed by atoms with Crippen LogP contribution in [-0.4, -0.2) is 43.2 Å². The Bertz CT molecular complexity index is 815. The summed E-state index contributed by atoms with van der Waals surface area (Å²) >= 11 is 8.11. The molecule has 2 aromatic heterocycles. The lowest BCUT2D eigenvalue weighted by molar-refractivity contribution is -0.132. The number of imidazole rings is 1. The largest absolute Gasteiger partial charge is 0.354 e. The highest BCUT2D eigenvalue weighted by Gasteiger charge is 2.38. The lowest BCUT2D eigenvalue weighted by atomic mass is 10.2. The van der Waals surface area contributed by atoms with E-state index in [4.69, 9.17) is 12.2 Å². The minimum Gasteiger partial charge on any atom is -0.354 e. The zero-order chi connectivity index (χ0) is 18.5. The molecule has 1 atom stereocenters. The number of thioether (sulfide) groups is 1. The minimum atomic E-state index is -0.634. The SMILES string of the molecule is C[C@H](C(=O)NCCCn1ccnc1)N1C(=O)/C(=C\c2cccs2)SC1=S. The number of amides is 2. The topological polar surface area (TPSA) is 67.2 Å². The molecule has 1 aliphatic heterocycles. The van der Waals surface area contributed by atoms with Crippen LogP contribution < -0.4 is 5.32 Å². The number of thiophene rings is 1. The molecule has 0 unspecified atom stereocenters. The van der Waals surface area contributed by atoms with E-state index in [1.54, 1.807) is 30.8 Å². The molecule has 9 heteroatoms. The fourth-order valence-corrected chi connectivity index (χ4v) is 4.61. The summed E-state index contributed by atoms with van der Waals surface area (Å²) in [5, 5.41) is 4.82. The molecule has 0 aliphatic carbocycles. The van der Waals surface area contributed by atoms with Crippen LogP contribution in [0.1, 0.15) is 18.2 Å². The van der Waals surface area contributed by atoms with Gasteiger partial charge in [-0.3, -0.25) is 14.5 Å². The maximum Gasteiger partial charge on any atom is 0.266 e. The van der Waals surface area contributed by atoms with Crippen LogP contribution in [0.15, 0.2) is 41.1 Å². The highest BCUT2D eigenvalue weighted by molar-refractivity contribution is 8.26. The maximum atomic E-state index is 12.6. The van der Waals surface area contributed by atoms with Crippen LogP contribution in [0.25, 0.3) is 6.08 Å². The van der Waals surface area contributed by atoms with Crippen LogP contribution in [0.4, 0.5) is 0 Å². The fraction of sp³-hybridized carbons (Fsp3) is 0.294. The Labute approximate surface area is 165 Å². The molecule has 1 aliphatic rings. The van der Waals surface area contributed by atoms with Gasteiger partial charge in [-0.05, 0) is 30.9 Å². The summed E-state index contributed by atoms with van der Waals surface area (Å²) in [6, 6.07) is 3.23. The van der Waals surface area contributed by atoms with Crippen LogP contribution in [0.3, 0.4) is 0 Å². The molecule has 0 bridgehead atoms. The standard InChI is InChI=1S/C17H18N4O2S3/c1-12(15(22)19-5-3-7-20-8-6-18-11-20)21-16(23)14(26-17(21)24)10-13-4-2-9-25-13/h2,4,6,8-12H,3,5,7H2,1H3,(H,19,22)/b14-10+/t12-/m1/s1. The van der Waals surface area contributed by atoms with E-state index in [-0.39, 0.29) is 11.8 Å². The van der Waals surface area contributed by atoms with Crippen molar-refractivity contribution in [2.75, 3.05) is 6.54 Å².